The Morgan fingerprint density at radius 2 is 1.88 bits per heavy atom. The molecule has 0 aliphatic carbocycles. The lowest BCUT2D eigenvalue weighted by Gasteiger charge is -2.17. The van der Waals surface area contributed by atoms with E-state index in [1.807, 2.05) is 53.2 Å². The van der Waals surface area contributed by atoms with Gasteiger partial charge in [-0.25, -0.2) is 4.68 Å². The first kappa shape index (κ1) is 17.3. The van der Waals surface area contributed by atoms with Crippen LogP contribution < -0.4 is 4.74 Å². The van der Waals surface area contributed by atoms with E-state index in [1.165, 1.54) is 0 Å². The minimum absolute atomic E-state index is 0.415. The average Bonchev–Trinajstić information content (AvgIpc) is 2.96. The monoisotopic (exact) mass is 350 g/mol. The molecule has 128 valence electrons. The molecule has 2 aromatic carbocycles. The topological polar surface area (TPSA) is 36.3 Å². The Labute approximate surface area is 149 Å². The molecular weight excluding hydrogens is 328 g/mol. The van der Waals surface area contributed by atoms with Crippen molar-refractivity contribution in [1.29, 1.82) is 0 Å². The fourth-order valence-corrected chi connectivity index (χ4v) is 2.96. The van der Waals surface area contributed by atoms with Crippen LogP contribution in [0.25, 0.3) is 10.9 Å². The summed E-state index contributed by atoms with van der Waals surface area (Å²) in [7, 11) is -1.63. The van der Waals surface area contributed by atoms with Crippen molar-refractivity contribution in [3.8, 4) is 18.1 Å². The largest absolute Gasteiger partial charge is 0.489 e. The predicted molar refractivity (Wildman–Crippen MR) is 103 cm³/mol. The zero-order valence-corrected chi connectivity index (χ0v) is 15.8. The molecule has 0 aliphatic rings. The van der Waals surface area contributed by atoms with Crippen LogP contribution in [0, 0.1) is 12.3 Å². The van der Waals surface area contributed by atoms with Crippen LogP contribution in [0.2, 0.25) is 19.6 Å². The number of benzene rings is 2. The number of hydrogen-bond donors (Lipinski definition) is 0. The fraction of sp³-hybridized carbons (Fsp3) is 0.250. The van der Waals surface area contributed by atoms with E-state index in [4.69, 9.17) is 15.6 Å². The zero-order valence-electron chi connectivity index (χ0n) is 14.8. The van der Waals surface area contributed by atoms with Crippen molar-refractivity contribution >= 4 is 19.2 Å². The molecule has 0 fully saturated rings. The first-order chi connectivity index (χ1) is 12.0. The van der Waals surface area contributed by atoms with Gasteiger partial charge in [0.25, 0.3) is 0 Å². The predicted octanol–water partition coefficient (Wildman–Crippen LogP) is 4.41. The lowest BCUT2D eigenvalue weighted by atomic mass is 10.2. The van der Waals surface area contributed by atoms with Crippen molar-refractivity contribution < 1.29 is 9.16 Å². The van der Waals surface area contributed by atoms with Crippen LogP contribution in [0.15, 0.2) is 48.5 Å². The van der Waals surface area contributed by atoms with Crippen molar-refractivity contribution in [2.45, 2.75) is 33.0 Å². The second kappa shape index (κ2) is 7.14. The summed E-state index contributed by atoms with van der Waals surface area (Å²) in [5.41, 5.74) is 2.69. The van der Waals surface area contributed by atoms with Gasteiger partial charge in [0.15, 0.2) is 8.32 Å². The first-order valence-corrected chi connectivity index (χ1v) is 11.6. The van der Waals surface area contributed by atoms with Gasteiger partial charge in [-0.1, -0.05) is 30.3 Å². The molecule has 1 aromatic heterocycles. The second-order valence-corrected chi connectivity index (χ2v) is 11.3. The Hall–Kier alpha value is -2.55. The molecule has 3 aromatic rings. The van der Waals surface area contributed by atoms with Crippen molar-refractivity contribution in [3.63, 3.8) is 0 Å². The summed E-state index contributed by atoms with van der Waals surface area (Å²) in [5, 5.41) is 5.40. The molecular formula is C20H22N2O2Si. The molecule has 3 rings (SSSR count). The van der Waals surface area contributed by atoms with Gasteiger partial charge in [-0.3, -0.25) is 0 Å². The standard InChI is InChI=1S/C20H22N2O2Si/c1-5-19-18-13-17(23-14-16-9-7-6-8-10-16)11-12-20(18)22(21-19)15-24-25(2,3)4/h1,6-13H,14-15H2,2-4H3. The molecule has 0 saturated heterocycles. The third-order valence-electron chi connectivity index (χ3n) is 3.73. The van der Waals surface area contributed by atoms with E-state index in [9.17, 15) is 0 Å². The second-order valence-electron chi connectivity index (χ2n) is 6.83. The average molecular weight is 350 g/mol. The molecule has 4 nitrogen and oxygen atoms in total. The van der Waals surface area contributed by atoms with Crippen LogP contribution >= 0.6 is 0 Å². The summed E-state index contributed by atoms with van der Waals surface area (Å²) < 4.78 is 13.7. The molecule has 25 heavy (non-hydrogen) atoms. The maximum atomic E-state index is 5.96. The van der Waals surface area contributed by atoms with Crippen molar-refractivity contribution in [1.82, 2.24) is 9.78 Å². The summed E-state index contributed by atoms with van der Waals surface area (Å²) in [5.74, 6) is 3.43. The summed E-state index contributed by atoms with van der Waals surface area (Å²) in [6.45, 7) is 7.38. The number of aromatic nitrogens is 2. The van der Waals surface area contributed by atoms with Crippen LogP contribution in [-0.4, -0.2) is 18.1 Å². The van der Waals surface area contributed by atoms with Crippen molar-refractivity contribution in [2.75, 3.05) is 0 Å². The number of hydrogen-bond acceptors (Lipinski definition) is 3. The van der Waals surface area contributed by atoms with Crippen molar-refractivity contribution in [2.24, 2.45) is 0 Å². The minimum Gasteiger partial charge on any atom is -0.489 e. The number of fused-ring (bicyclic) bond motifs is 1. The van der Waals surface area contributed by atoms with Crippen LogP contribution in [0.1, 0.15) is 11.3 Å². The molecule has 0 atom stereocenters. The zero-order chi connectivity index (χ0) is 17.9. The third-order valence-corrected chi connectivity index (χ3v) is 4.72. The SMILES string of the molecule is C#Cc1nn(CO[Si](C)(C)C)c2ccc(OCc3ccccc3)cc12. The van der Waals surface area contributed by atoms with Gasteiger partial charge in [0.05, 0.1) is 5.52 Å². The highest BCUT2D eigenvalue weighted by Gasteiger charge is 2.16. The van der Waals surface area contributed by atoms with Gasteiger partial charge in [0.1, 0.15) is 24.8 Å². The van der Waals surface area contributed by atoms with E-state index in [1.54, 1.807) is 0 Å². The van der Waals surface area contributed by atoms with Gasteiger partial charge in [-0.05, 0) is 49.3 Å². The summed E-state index contributed by atoms with van der Waals surface area (Å²) >= 11 is 0. The number of terminal acetylenes is 1. The van der Waals surface area contributed by atoms with E-state index in [2.05, 4.69) is 30.7 Å². The highest BCUT2D eigenvalue weighted by atomic mass is 28.4. The van der Waals surface area contributed by atoms with E-state index in [0.29, 0.717) is 19.0 Å². The van der Waals surface area contributed by atoms with Gasteiger partial charge in [-0.15, -0.1) is 6.42 Å². The molecule has 0 N–H and O–H groups in total. The highest BCUT2D eigenvalue weighted by molar-refractivity contribution is 6.69. The fourth-order valence-electron chi connectivity index (χ4n) is 2.45. The summed E-state index contributed by atoms with van der Waals surface area (Å²) in [6, 6.07) is 15.9. The van der Waals surface area contributed by atoms with Crippen LogP contribution in [0.5, 0.6) is 5.75 Å². The maximum Gasteiger partial charge on any atom is 0.186 e. The smallest absolute Gasteiger partial charge is 0.186 e. The normalized spacial score (nSPS) is 11.4. The lowest BCUT2D eigenvalue weighted by molar-refractivity contribution is 0.219. The molecule has 0 saturated carbocycles. The number of rotatable bonds is 6. The Morgan fingerprint density at radius 1 is 1.12 bits per heavy atom. The summed E-state index contributed by atoms with van der Waals surface area (Å²) in [6.07, 6.45) is 5.63. The van der Waals surface area contributed by atoms with E-state index in [0.717, 1.165) is 22.2 Å². The van der Waals surface area contributed by atoms with E-state index < -0.39 is 8.32 Å². The minimum atomic E-state index is -1.63. The van der Waals surface area contributed by atoms with Gasteiger partial charge in [0, 0.05) is 5.39 Å². The molecule has 0 unspecified atom stereocenters. The molecule has 0 bridgehead atoms. The van der Waals surface area contributed by atoms with Gasteiger partial charge in [-0.2, -0.15) is 5.10 Å². The third kappa shape index (κ3) is 4.30. The molecule has 0 amide bonds. The molecule has 5 heteroatoms. The Kier molecular flexibility index (Phi) is 4.93. The molecule has 0 spiro atoms. The molecule has 0 aliphatic heterocycles. The molecule has 1 heterocycles. The van der Waals surface area contributed by atoms with Crippen molar-refractivity contribution in [3.05, 3.63) is 59.8 Å². The van der Waals surface area contributed by atoms with E-state index >= 15 is 0 Å². The lowest BCUT2D eigenvalue weighted by Crippen LogP contribution is -2.26. The summed E-state index contributed by atoms with van der Waals surface area (Å²) in [4.78, 5) is 0. The van der Waals surface area contributed by atoms with Gasteiger partial charge < -0.3 is 9.16 Å². The Balaban J connectivity index is 1.83. The number of ether oxygens (including phenoxy) is 1. The highest BCUT2D eigenvalue weighted by Crippen LogP contribution is 2.25. The molecule has 0 radical (unpaired) electrons. The van der Waals surface area contributed by atoms with Gasteiger partial charge >= 0.3 is 0 Å². The maximum absolute atomic E-state index is 5.96. The van der Waals surface area contributed by atoms with Gasteiger partial charge in [0.2, 0.25) is 0 Å². The van der Waals surface area contributed by atoms with Crippen LogP contribution in [0.3, 0.4) is 0 Å². The first-order valence-electron chi connectivity index (χ1n) is 8.24. The Bertz CT molecular complexity index is 905. The Morgan fingerprint density at radius 3 is 2.56 bits per heavy atom. The van der Waals surface area contributed by atoms with Crippen LogP contribution in [-0.2, 0) is 17.8 Å². The van der Waals surface area contributed by atoms with E-state index in [-0.39, 0.29) is 0 Å². The van der Waals surface area contributed by atoms with Crippen LogP contribution in [0.4, 0.5) is 0 Å². The quantitative estimate of drug-likeness (QED) is 0.488. The number of nitrogens with zero attached hydrogens (tertiary/aromatic N) is 2.